The molecule has 16 heavy (non-hydrogen) atoms. The van der Waals surface area contributed by atoms with E-state index in [1.165, 1.54) is 0 Å². The number of carbonyl (C=O) groups is 1. The van der Waals surface area contributed by atoms with Gasteiger partial charge in [-0.1, -0.05) is 0 Å². The van der Waals surface area contributed by atoms with Gasteiger partial charge in [-0.2, -0.15) is 0 Å². The summed E-state index contributed by atoms with van der Waals surface area (Å²) in [7, 11) is 1.63. The molecule has 0 radical (unpaired) electrons. The standard InChI is InChI=1S/C12H15NO3/c1-15-10-2-4-11(5-3-10)16-12-6-7-13(8-12)9-14/h2-5,9,12H,6-8H2,1H3. The minimum atomic E-state index is 0.110. The molecule has 86 valence electrons. The summed E-state index contributed by atoms with van der Waals surface area (Å²) in [6.07, 6.45) is 1.88. The molecule has 4 nitrogen and oxygen atoms in total. The van der Waals surface area contributed by atoms with E-state index in [0.29, 0.717) is 6.54 Å². The predicted octanol–water partition coefficient (Wildman–Crippen LogP) is 1.30. The number of rotatable bonds is 4. The van der Waals surface area contributed by atoms with Gasteiger partial charge in [0.2, 0.25) is 6.41 Å². The van der Waals surface area contributed by atoms with Gasteiger partial charge in [-0.25, -0.2) is 0 Å². The second-order valence-corrected chi connectivity index (χ2v) is 3.80. The molecule has 0 aromatic heterocycles. The van der Waals surface area contributed by atoms with E-state index in [4.69, 9.17) is 9.47 Å². The number of benzene rings is 1. The summed E-state index contributed by atoms with van der Waals surface area (Å²) >= 11 is 0. The quantitative estimate of drug-likeness (QED) is 0.719. The van der Waals surface area contributed by atoms with Gasteiger partial charge in [0.25, 0.3) is 0 Å². The molecule has 1 aromatic carbocycles. The summed E-state index contributed by atoms with van der Waals surface area (Å²) < 4.78 is 10.8. The van der Waals surface area contributed by atoms with Crippen molar-refractivity contribution in [2.75, 3.05) is 20.2 Å². The second-order valence-electron chi connectivity index (χ2n) is 3.80. The number of carbonyl (C=O) groups excluding carboxylic acids is 1. The Morgan fingerprint density at radius 2 is 2.00 bits per heavy atom. The largest absolute Gasteiger partial charge is 0.497 e. The van der Waals surface area contributed by atoms with Crippen LogP contribution in [0.5, 0.6) is 11.5 Å². The van der Waals surface area contributed by atoms with Crippen LogP contribution in [0.3, 0.4) is 0 Å². The summed E-state index contributed by atoms with van der Waals surface area (Å²) in [4.78, 5) is 12.3. The number of methoxy groups -OCH3 is 1. The highest BCUT2D eigenvalue weighted by Crippen LogP contribution is 2.20. The third-order valence-corrected chi connectivity index (χ3v) is 2.69. The van der Waals surface area contributed by atoms with E-state index in [9.17, 15) is 4.79 Å². The van der Waals surface area contributed by atoms with Crippen molar-refractivity contribution in [3.05, 3.63) is 24.3 Å². The van der Waals surface area contributed by atoms with Crippen molar-refractivity contribution in [1.29, 1.82) is 0 Å². The van der Waals surface area contributed by atoms with Crippen LogP contribution in [0.1, 0.15) is 6.42 Å². The fourth-order valence-corrected chi connectivity index (χ4v) is 1.79. The zero-order chi connectivity index (χ0) is 11.4. The first kappa shape index (κ1) is 10.8. The van der Waals surface area contributed by atoms with E-state index in [1.54, 1.807) is 12.0 Å². The Hall–Kier alpha value is -1.71. The van der Waals surface area contributed by atoms with Crippen LogP contribution in [0.2, 0.25) is 0 Å². The Balaban J connectivity index is 1.91. The molecule has 0 saturated carbocycles. The molecule has 1 heterocycles. The first-order chi connectivity index (χ1) is 7.81. The molecule has 0 N–H and O–H groups in total. The van der Waals surface area contributed by atoms with Gasteiger partial charge in [-0.3, -0.25) is 4.79 Å². The van der Waals surface area contributed by atoms with E-state index >= 15 is 0 Å². The monoisotopic (exact) mass is 221 g/mol. The topological polar surface area (TPSA) is 38.8 Å². The molecule has 4 heteroatoms. The van der Waals surface area contributed by atoms with Gasteiger partial charge in [0.05, 0.1) is 13.7 Å². The Labute approximate surface area is 94.8 Å². The fraction of sp³-hybridized carbons (Fsp3) is 0.417. The second kappa shape index (κ2) is 4.88. The molecule has 1 aromatic rings. The van der Waals surface area contributed by atoms with Crippen molar-refractivity contribution in [3.63, 3.8) is 0 Å². The molecule has 1 saturated heterocycles. The van der Waals surface area contributed by atoms with Gasteiger partial charge in [0, 0.05) is 13.0 Å². The number of amides is 1. The van der Waals surface area contributed by atoms with Gasteiger partial charge >= 0.3 is 0 Å². The highest BCUT2D eigenvalue weighted by molar-refractivity contribution is 5.47. The zero-order valence-corrected chi connectivity index (χ0v) is 9.26. The number of hydrogen-bond acceptors (Lipinski definition) is 3. The maximum absolute atomic E-state index is 10.5. The molecule has 1 aliphatic heterocycles. The lowest BCUT2D eigenvalue weighted by Gasteiger charge is -2.13. The summed E-state index contributed by atoms with van der Waals surface area (Å²) in [6.45, 7) is 1.46. The van der Waals surface area contributed by atoms with Gasteiger partial charge in [0.15, 0.2) is 0 Å². The van der Waals surface area contributed by atoms with Crippen LogP contribution < -0.4 is 9.47 Å². The van der Waals surface area contributed by atoms with Crippen LogP contribution >= 0.6 is 0 Å². The number of nitrogens with zero attached hydrogens (tertiary/aromatic N) is 1. The molecular weight excluding hydrogens is 206 g/mol. The molecule has 0 bridgehead atoms. The summed E-state index contributed by atoms with van der Waals surface area (Å²) in [6, 6.07) is 7.48. The summed E-state index contributed by atoms with van der Waals surface area (Å²) in [5, 5.41) is 0. The third-order valence-electron chi connectivity index (χ3n) is 2.69. The van der Waals surface area contributed by atoms with Crippen molar-refractivity contribution in [2.24, 2.45) is 0 Å². The van der Waals surface area contributed by atoms with Gasteiger partial charge in [-0.15, -0.1) is 0 Å². The van der Waals surface area contributed by atoms with E-state index in [2.05, 4.69) is 0 Å². The van der Waals surface area contributed by atoms with Crippen LogP contribution in [-0.4, -0.2) is 37.6 Å². The van der Waals surface area contributed by atoms with Gasteiger partial charge < -0.3 is 14.4 Å². The van der Waals surface area contributed by atoms with Crippen LogP contribution in [0.4, 0.5) is 0 Å². The van der Waals surface area contributed by atoms with Crippen LogP contribution in [0, 0.1) is 0 Å². The van der Waals surface area contributed by atoms with Gasteiger partial charge in [0.1, 0.15) is 17.6 Å². The lowest BCUT2D eigenvalue weighted by Crippen LogP contribution is -2.23. The van der Waals surface area contributed by atoms with Crippen LogP contribution in [0.25, 0.3) is 0 Å². The summed E-state index contributed by atoms with van der Waals surface area (Å²) in [5.41, 5.74) is 0. The lowest BCUT2D eigenvalue weighted by molar-refractivity contribution is -0.117. The molecule has 1 unspecified atom stereocenters. The van der Waals surface area contributed by atoms with Crippen molar-refractivity contribution in [1.82, 2.24) is 4.90 Å². The molecule has 0 aliphatic carbocycles. The first-order valence-electron chi connectivity index (χ1n) is 5.32. The number of ether oxygens (including phenoxy) is 2. The molecule has 1 atom stereocenters. The van der Waals surface area contributed by atoms with Crippen LogP contribution in [0.15, 0.2) is 24.3 Å². The Bertz CT molecular complexity index is 350. The minimum absolute atomic E-state index is 0.110. The van der Waals surface area contributed by atoms with E-state index in [0.717, 1.165) is 30.9 Å². The molecule has 1 aliphatic rings. The molecule has 1 amide bonds. The number of hydrogen-bond donors (Lipinski definition) is 0. The Morgan fingerprint density at radius 3 is 2.56 bits per heavy atom. The zero-order valence-electron chi connectivity index (χ0n) is 9.26. The normalized spacial score (nSPS) is 19.6. The maximum Gasteiger partial charge on any atom is 0.209 e. The van der Waals surface area contributed by atoms with Crippen molar-refractivity contribution in [3.8, 4) is 11.5 Å². The molecule has 1 fully saturated rings. The maximum atomic E-state index is 10.5. The fourth-order valence-electron chi connectivity index (χ4n) is 1.79. The van der Waals surface area contributed by atoms with Crippen LogP contribution in [-0.2, 0) is 4.79 Å². The number of likely N-dealkylation sites (tertiary alicyclic amines) is 1. The van der Waals surface area contributed by atoms with E-state index in [1.807, 2.05) is 24.3 Å². The summed E-state index contributed by atoms with van der Waals surface area (Å²) in [5.74, 6) is 1.63. The van der Waals surface area contributed by atoms with Crippen molar-refractivity contribution >= 4 is 6.41 Å². The SMILES string of the molecule is COc1ccc(OC2CCN(C=O)C2)cc1. The molecular formula is C12H15NO3. The third kappa shape index (κ3) is 2.45. The Kier molecular flexibility index (Phi) is 3.29. The Morgan fingerprint density at radius 1 is 1.31 bits per heavy atom. The van der Waals surface area contributed by atoms with E-state index in [-0.39, 0.29) is 6.10 Å². The van der Waals surface area contributed by atoms with Crippen molar-refractivity contribution in [2.45, 2.75) is 12.5 Å². The highest BCUT2D eigenvalue weighted by atomic mass is 16.5. The molecule has 2 rings (SSSR count). The average molecular weight is 221 g/mol. The average Bonchev–Trinajstić information content (AvgIpc) is 2.78. The minimum Gasteiger partial charge on any atom is -0.497 e. The van der Waals surface area contributed by atoms with Crippen molar-refractivity contribution < 1.29 is 14.3 Å². The predicted molar refractivity (Wildman–Crippen MR) is 59.7 cm³/mol. The lowest BCUT2D eigenvalue weighted by atomic mass is 10.3. The van der Waals surface area contributed by atoms with Gasteiger partial charge in [-0.05, 0) is 24.3 Å². The highest BCUT2D eigenvalue weighted by Gasteiger charge is 2.22. The molecule has 0 spiro atoms. The van der Waals surface area contributed by atoms with E-state index < -0.39 is 0 Å². The smallest absolute Gasteiger partial charge is 0.209 e. The first-order valence-corrected chi connectivity index (χ1v) is 5.32.